The fourth-order valence-electron chi connectivity index (χ4n) is 1.84. The lowest BCUT2D eigenvalue weighted by Crippen LogP contribution is -2.27. The molecule has 0 aliphatic rings. The van der Waals surface area contributed by atoms with Crippen LogP contribution in [0.15, 0.2) is 35.5 Å². The maximum Gasteiger partial charge on any atom is 0.241 e. The summed E-state index contributed by atoms with van der Waals surface area (Å²) in [5, 5.41) is 6.45. The summed E-state index contributed by atoms with van der Waals surface area (Å²) in [6, 6.07) is 4.36. The molecular weight excluding hydrogens is 264 g/mol. The van der Waals surface area contributed by atoms with Crippen LogP contribution in [0.5, 0.6) is 0 Å². The van der Waals surface area contributed by atoms with Crippen LogP contribution in [-0.4, -0.2) is 18.6 Å². The van der Waals surface area contributed by atoms with Crippen molar-refractivity contribution < 1.29 is 8.42 Å². The molecule has 1 aromatic heterocycles. The third-order valence-corrected chi connectivity index (χ3v) is 4.54. The average molecular weight is 280 g/mol. The summed E-state index contributed by atoms with van der Waals surface area (Å²) < 4.78 is 27.2. The summed E-state index contributed by atoms with van der Waals surface area (Å²) in [6.07, 6.45) is 3.24. The Labute approximate surface area is 112 Å². The quantitative estimate of drug-likeness (QED) is 0.736. The van der Waals surface area contributed by atoms with Crippen LogP contribution in [-0.2, 0) is 10.0 Å². The highest BCUT2D eigenvalue weighted by Gasteiger charge is 2.20. The van der Waals surface area contributed by atoms with Crippen LogP contribution in [0.3, 0.4) is 0 Å². The predicted molar refractivity (Wildman–Crippen MR) is 72.9 cm³/mol. The number of aromatic amines is 1. The van der Waals surface area contributed by atoms with E-state index in [4.69, 9.17) is 5.73 Å². The van der Waals surface area contributed by atoms with Gasteiger partial charge in [-0.3, -0.25) is 5.10 Å². The lowest BCUT2D eigenvalue weighted by atomic mass is 10.2. The maximum atomic E-state index is 12.3. The van der Waals surface area contributed by atoms with E-state index in [0.29, 0.717) is 11.3 Å². The Morgan fingerprint density at radius 3 is 2.74 bits per heavy atom. The minimum atomic E-state index is -3.58. The van der Waals surface area contributed by atoms with Gasteiger partial charge in [0.25, 0.3) is 0 Å². The number of nitrogen functional groups attached to an aromatic ring is 1. The van der Waals surface area contributed by atoms with Crippen molar-refractivity contribution in [2.75, 3.05) is 5.73 Å². The molecule has 0 saturated carbocycles. The molecule has 1 aromatic carbocycles. The molecule has 0 aliphatic heterocycles. The second kappa shape index (κ2) is 5.02. The monoisotopic (exact) mass is 280 g/mol. The molecule has 1 unspecified atom stereocenters. The van der Waals surface area contributed by atoms with Crippen LogP contribution < -0.4 is 10.5 Å². The van der Waals surface area contributed by atoms with Crippen LogP contribution in [0.4, 0.5) is 5.69 Å². The highest BCUT2D eigenvalue weighted by Crippen LogP contribution is 2.20. The van der Waals surface area contributed by atoms with Gasteiger partial charge in [-0.05, 0) is 37.6 Å². The Morgan fingerprint density at radius 2 is 2.16 bits per heavy atom. The number of sulfonamides is 1. The largest absolute Gasteiger partial charge is 0.399 e. The van der Waals surface area contributed by atoms with Gasteiger partial charge in [0, 0.05) is 23.5 Å². The molecular formula is C12H16N4O2S. The molecule has 4 N–H and O–H groups in total. The number of aromatic nitrogens is 2. The van der Waals surface area contributed by atoms with Gasteiger partial charge in [0.15, 0.2) is 0 Å². The lowest BCUT2D eigenvalue weighted by Gasteiger charge is -2.14. The summed E-state index contributed by atoms with van der Waals surface area (Å²) >= 11 is 0. The number of nitrogens with one attached hydrogen (secondary N) is 2. The minimum Gasteiger partial charge on any atom is -0.399 e. The second-order valence-electron chi connectivity index (χ2n) is 4.40. The molecule has 0 amide bonds. The normalized spacial score (nSPS) is 13.4. The van der Waals surface area contributed by atoms with Gasteiger partial charge in [-0.15, -0.1) is 0 Å². The van der Waals surface area contributed by atoms with E-state index in [9.17, 15) is 8.42 Å². The van der Waals surface area contributed by atoms with Crippen molar-refractivity contribution in [2.45, 2.75) is 24.8 Å². The summed E-state index contributed by atoms with van der Waals surface area (Å²) in [5.74, 6) is 0. The third kappa shape index (κ3) is 2.94. The zero-order valence-electron chi connectivity index (χ0n) is 10.7. The van der Waals surface area contributed by atoms with Gasteiger partial charge < -0.3 is 5.73 Å². The third-order valence-electron chi connectivity index (χ3n) is 2.84. The Kier molecular flexibility index (Phi) is 3.59. The van der Waals surface area contributed by atoms with E-state index < -0.39 is 10.0 Å². The van der Waals surface area contributed by atoms with E-state index in [1.54, 1.807) is 38.4 Å². The lowest BCUT2D eigenvalue weighted by molar-refractivity contribution is 0.566. The zero-order valence-corrected chi connectivity index (χ0v) is 11.5. The summed E-state index contributed by atoms with van der Waals surface area (Å²) in [4.78, 5) is 0.233. The molecule has 1 atom stereocenters. The van der Waals surface area contributed by atoms with Crippen molar-refractivity contribution in [3.8, 4) is 0 Å². The van der Waals surface area contributed by atoms with Crippen LogP contribution in [0.2, 0.25) is 0 Å². The molecule has 0 fully saturated rings. The predicted octanol–water partition coefficient (Wildman–Crippen LogP) is 1.34. The van der Waals surface area contributed by atoms with E-state index in [1.165, 1.54) is 6.07 Å². The fraction of sp³-hybridized carbons (Fsp3) is 0.250. The molecule has 0 spiro atoms. The van der Waals surface area contributed by atoms with Crippen LogP contribution in [0.1, 0.15) is 24.1 Å². The number of hydrogen-bond donors (Lipinski definition) is 3. The first kappa shape index (κ1) is 13.6. The molecule has 2 rings (SSSR count). The number of anilines is 1. The van der Waals surface area contributed by atoms with Crippen LogP contribution in [0, 0.1) is 6.92 Å². The van der Waals surface area contributed by atoms with E-state index >= 15 is 0 Å². The first-order valence-electron chi connectivity index (χ1n) is 5.77. The number of aryl methyl sites for hydroxylation is 1. The molecule has 102 valence electrons. The van der Waals surface area contributed by atoms with Crippen molar-refractivity contribution in [3.63, 3.8) is 0 Å². The minimum absolute atomic E-state index is 0.233. The molecule has 7 heteroatoms. The maximum absolute atomic E-state index is 12.3. The van der Waals surface area contributed by atoms with E-state index in [2.05, 4.69) is 14.9 Å². The Morgan fingerprint density at radius 1 is 1.42 bits per heavy atom. The number of hydrogen-bond acceptors (Lipinski definition) is 4. The molecule has 0 radical (unpaired) electrons. The summed E-state index contributed by atoms with van der Waals surface area (Å²) in [7, 11) is -3.58. The first-order chi connectivity index (χ1) is 8.90. The summed E-state index contributed by atoms with van der Waals surface area (Å²) in [5.41, 5.74) is 7.55. The van der Waals surface area contributed by atoms with Crippen molar-refractivity contribution in [3.05, 3.63) is 41.7 Å². The molecule has 6 nitrogen and oxygen atoms in total. The van der Waals surface area contributed by atoms with Crippen molar-refractivity contribution in [1.82, 2.24) is 14.9 Å². The molecule has 0 bridgehead atoms. The molecule has 2 aromatic rings. The van der Waals surface area contributed by atoms with Gasteiger partial charge in [0.2, 0.25) is 10.0 Å². The van der Waals surface area contributed by atoms with Gasteiger partial charge >= 0.3 is 0 Å². The number of nitrogens with two attached hydrogens (primary N) is 1. The number of benzene rings is 1. The van der Waals surface area contributed by atoms with Gasteiger partial charge in [-0.2, -0.15) is 5.10 Å². The van der Waals surface area contributed by atoms with Gasteiger partial charge in [0.05, 0.1) is 11.1 Å². The Bertz CT molecular complexity index is 665. The van der Waals surface area contributed by atoms with Crippen molar-refractivity contribution in [2.24, 2.45) is 0 Å². The van der Waals surface area contributed by atoms with Crippen LogP contribution in [0.25, 0.3) is 0 Å². The van der Waals surface area contributed by atoms with E-state index in [1.807, 2.05) is 0 Å². The molecule has 19 heavy (non-hydrogen) atoms. The van der Waals surface area contributed by atoms with Gasteiger partial charge in [-0.25, -0.2) is 13.1 Å². The molecule has 0 aliphatic carbocycles. The Balaban J connectivity index is 2.28. The average Bonchev–Trinajstić information content (AvgIpc) is 2.80. The van der Waals surface area contributed by atoms with Gasteiger partial charge in [-0.1, -0.05) is 0 Å². The van der Waals surface area contributed by atoms with E-state index in [0.717, 1.165) is 5.56 Å². The number of nitrogens with zero attached hydrogens (tertiary/aromatic N) is 1. The standard InChI is InChI=1S/C12H16N4O2S/c1-8-5-11(13)3-4-12(8)19(17,18)16-9(2)10-6-14-15-7-10/h3-7,9,16H,13H2,1-2H3,(H,14,15). The SMILES string of the molecule is Cc1cc(N)ccc1S(=O)(=O)NC(C)c1cn[nH]c1. The van der Waals surface area contributed by atoms with E-state index in [-0.39, 0.29) is 10.9 Å². The fourth-order valence-corrected chi connectivity index (χ4v) is 3.29. The zero-order chi connectivity index (χ0) is 14.0. The topological polar surface area (TPSA) is 101 Å². The second-order valence-corrected chi connectivity index (χ2v) is 6.08. The highest BCUT2D eigenvalue weighted by molar-refractivity contribution is 7.89. The number of H-pyrrole nitrogens is 1. The summed E-state index contributed by atoms with van der Waals surface area (Å²) in [6.45, 7) is 3.47. The van der Waals surface area contributed by atoms with Crippen molar-refractivity contribution >= 4 is 15.7 Å². The first-order valence-corrected chi connectivity index (χ1v) is 7.25. The molecule has 0 saturated heterocycles. The van der Waals surface area contributed by atoms with Crippen LogP contribution >= 0.6 is 0 Å². The number of rotatable bonds is 4. The molecule has 1 heterocycles. The smallest absolute Gasteiger partial charge is 0.241 e. The highest BCUT2D eigenvalue weighted by atomic mass is 32.2. The van der Waals surface area contributed by atoms with Gasteiger partial charge in [0.1, 0.15) is 0 Å². The Hall–Kier alpha value is -1.86. The van der Waals surface area contributed by atoms with Crippen molar-refractivity contribution in [1.29, 1.82) is 0 Å².